The topological polar surface area (TPSA) is 57.5 Å². The van der Waals surface area contributed by atoms with Crippen molar-refractivity contribution in [3.05, 3.63) is 35.4 Å². The van der Waals surface area contributed by atoms with E-state index in [9.17, 15) is 4.79 Å². The highest BCUT2D eigenvalue weighted by Gasteiger charge is 2.22. The summed E-state index contributed by atoms with van der Waals surface area (Å²) >= 11 is 0. The number of aliphatic hydroxyl groups is 2. The molecule has 0 aliphatic heterocycles. The van der Waals surface area contributed by atoms with E-state index in [1.54, 1.807) is 0 Å². The molecule has 1 rings (SSSR count). The van der Waals surface area contributed by atoms with Gasteiger partial charge in [0.15, 0.2) is 5.75 Å². The van der Waals surface area contributed by atoms with E-state index in [1.807, 2.05) is 24.3 Å². The van der Waals surface area contributed by atoms with Crippen molar-refractivity contribution >= 4 is 16.7 Å². The SMILES string of the molecule is CC(C)c1ccc(C(=O)C[S+](CCO)CCO)cc1. The lowest BCUT2D eigenvalue weighted by atomic mass is 10.0. The summed E-state index contributed by atoms with van der Waals surface area (Å²) in [6, 6.07) is 7.73. The van der Waals surface area contributed by atoms with Crippen molar-refractivity contribution < 1.29 is 15.0 Å². The number of hydrogen-bond acceptors (Lipinski definition) is 3. The number of benzene rings is 1. The Balaban J connectivity index is 2.65. The molecule has 19 heavy (non-hydrogen) atoms. The molecule has 0 saturated carbocycles. The normalized spacial score (nSPS) is 11.3. The molecule has 1 aromatic carbocycles. The number of ketones is 1. The maximum atomic E-state index is 12.1. The molecule has 2 N–H and O–H groups in total. The van der Waals surface area contributed by atoms with E-state index in [0.717, 1.165) is 5.56 Å². The summed E-state index contributed by atoms with van der Waals surface area (Å²) in [4.78, 5) is 12.1. The Morgan fingerprint density at radius 3 is 2.05 bits per heavy atom. The van der Waals surface area contributed by atoms with E-state index in [-0.39, 0.29) is 29.9 Å². The molecule has 0 aliphatic rings. The van der Waals surface area contributed by atoms with Crippen LogP contribution in [0.3, 0.4) is 0 Å². The molecule has 0 heterocycles. The minimum atomic E-state index is -0.219. The van der Waals surface area contributed by atoms with Gasteiger partial charge in [-0.2, -0.15) is 0 Å². The van der Waals surface area contributed by atoms with Crippen molar-refractivity contribution in [2.45, 2.75) is 19.8 Å². The molecule has 3 nitrogen and oxygen atoms in total. The molecule has 0 aromatic heterocycles. The van der Waals surface area contributed by atoms with Crippen LogP contribution in [0, 0.1) is 0 Å². The van der Waals surface area contributed by atoms with Gasteiger partial charge in [-0.15, -0.1) is 0 Å². The Bertz CT molecular complexity index is 381. The number of aliphatic hydroxyl groups excluding tert-OH is 2. The molecule has 106 valence electrons. The van der Waals surface area contributed by atoms with Crippen LogP contribution in [0.1, 0.15) is 35.7 Å². The maximum absolute atomic E-state index is 12.1. The second kappa shape index (κ2) is 8.35. The van der Waals surface area contributed by atoms with Gasteiger partial charge in [-0.05, 0) is 11.5 Å². The van der Waals surface area contributed by atoms with E-state index in [4.69, 9.17) is 10.2 Å². The van der Waals surface area contributed by atoms with E-state index in [1.165, 1.54) is 5.56 Å². The highest BCUT2D eigenvalue weighted by molar-refractivity contribution is 7.97. The first-order valence-corrected chi connectivity index (χ1v) is 8.30. The Morgan fingerprint density at radius 1 is 1.11 bits per heavy atom. The summed E-state index contributed by atoms with van der Waals surface area (Å²) in [5, 5.41) is 17.9. The third kappa shape index (κ3) is 5.35. The third-order valence-corrected chi connectivity index (χ3v) is 5.18. The van der Waals surface area contributed by atoms with E-state index >= 15 is 0 Å². The molecule has 0 spiro atoms. The monoisotopic (exact) mass is 283 g/mol. The Kier molecular flexibility index (Phi) is 7.13. The van der Waals surface area contributed by atoms with Gasteiger partial charge >= 0.3 is 0 Å². The minimum Gasteiger partial charge on any atom is -0.391 e. The summed E-state index contributed by atoms with van der Waals surface area (Å²) in [6.07, 6.45) is 0. The summed E-state index contributed by atoms with van der Waals surface area (Å²) < 4.78 is 0. The summed E-state index contributed by atoms with van der Waals surface area (Å²) in [7, 11) is -0.219. The first kappa shape index (κ1) is 16.2. The molecule has 0 amide bonds. The quantitative estimate of drug-likeness (QED) is 0.563. The fraction of sp³-hybridized carbons (Fsp3) is 0.533. The summed E-state index contributed by atoms with van der Waals surface area (Å²) in [5.74, 6) is 2.16. The van der Waals surface area contributed by atoms with Crippen molar-refractivity contribution in [1.82, 2.24) is 0 Å². The van der Waals surface area contributed by atoms with Crippen LogP contribution in [-0.2, 0) is 10.9 Å². The lowest BCUT2D eigenvalue weighted by Gasteiger charge is -2.08. The van der Waals surface area contributed by atoms with Gasteiger partial charge in [0.2, 0.25) is 5.78 Å². The molecule has 0 saturated heterocycles. The number of carbonyl (C=O) groups excluding carboxylic acids is 1. The predicted molar refractivity (Wildman–Crippen MR) is 81.0 cm³/mol. The van der Waals surface area contributed by atoms with E-state index in [2.05, 4.69) is 13.8 Å². The molecule has 0 fully saturated rings. The van der Waals surface area contributed by atoms with Crippen LogP contribution in [-0.4, -0.2) is 46.5 Å². The minimum absolute atomic E-state index is 0.0721. The average Bonchev–Trinajstić information content (AvgIpc) is 2.39. The highest BCUT2D eigenvalue weighted by Crippen LogP contribution is 2.15. The van der Waals surface area contributed by atoms with Gasteiger partial charge in [0.05, 0.1) is 13.2 Å². The lowest BCUT2D eigenvalue weighted by Crippen LogP contribution is -2.25. The molecular formula is C15H23O3S+. The van der Waals surface area contributed by atoms with Gasteiger partial charge in [0.25, 0.3) is 0 Å². The van der Waals surface area contributed by atoms with Crippen molar-refractivity contribution in [3.8, 4) is 0 Å². The van der Waals surface area contributed by atoms with E-state index in [0.29, 0.717) is 23.2 Å². The molecule has 0 bridgehead atoms. The van der Waals surface area contributed by atoms with Crippen LogP contribution in [0.5, 0.6) is 0 Å². The lowest BCUT2D eigenvalue weighted by molar-refractivity contribution is 0.102. The molecule has 4 heteroatoms. The molecule has 0 radical (unpaired) electrons. The van der Waals surface area contributed by atoms with Gasteiger partial charge in [-0.25, -0.2) is 0 Å². The van der Waals surface area contributed by atoms with E-state index < -0.39 is 0 Å². The number of Topliss-reactive ketones (excluding diaryl/α,β-unsaturated/α-hetero) is 1. The number of rotatable bonds is 8. The Morgan fingerprint density at radius 2 is 1.63 bits per heavy atom. The zero-order valence-electron chi connectivity index (χ0n) is 11.6. The summed E-state index contributed by atoms with van der Waals surface area (Å²) in [6.45, 7) is 4.39. The van der Waals surface area contributed by atoms with Gasteiger partial charge in [0, 0.05) is 16.5 Å². The highest BCUT2D eigenvalue weighted by atomic mass is 32.2. The Hall–Kier alpha value is -0.840. The van der Waals surface area contributed by atoms with Crippen molar-refractivity contribution in [3.63, 3.8) is 0 Å². The Labute approximate surface area is 118 Å². The van der Waals surface area contributed by atoms with Crippen LogP contribution >= 0.6 is 0 Å². The fourth-order valence-electron chi connectivity index (χ4n) is 1.83. The van der Waals surface area contributed by atoms with Crippen LogP contribution < -0.4 is 0 Å². The molecule has 0 unspecified atom stereocenters. The maximum Gasteiger partial charge on any atom is 0.211 e. The first-order valence-electron chi connectivity index (χ1n) is 6.57. The molecule has 0 atom stereocenters. The average molecular weight is 283 g/mol. The van der Waals surface area contributed by atoms with Crippen molar-refractivity contribution in [1.29, 1.82) is 0 Å². The van der Waals surface area contributed by atoms with Gasteiger partial charge in [-0.3, -0.25) is 4.79 Å². The third-order valence-electron chi connectivity index (χ3n) is 2.99. The van der Waals surface area contributed by atoms with Crippen LogP contribution in [0.4, 0.5) is 0 Å². The summed E-state index contributed by atoms with van der Waals surface area (Å²) in [5.41, 5.74) is 1.94. The largest absolute Gasteiger partial charge is 0.391 e. The smallest absolute Gasteiger partial charge is 0.211 e. The van der Waals surface area contributed by atoms with Crippen molar-refractivity contribution in [2.24, 2.45) is 0 Å². The fourth-order valence-corrected chi connectivity index (χ4v) is 3.37. The van der Waals surface area contributed by atoms with Gasteiger partial charge < -0.3 is 10.2 Å². The van der Waals surface area contributed by atoms with Crippen molar-refractivity contribution in [2.75, 3.05) is 30.5 Å². The zero-order chi connectivity index (χ0) is 14.3. The first-order chi connectivity index (χ1) is 9.08. The molecule has 0 aliphatic carbocycles. The standard InChI is InChI=1S/C15H23O3S/c1-12(2)13-3-5-14(6-4-13)15(18)11-19(9-7-16)10-8-17/h3-6,12,16-17H,7-11H2,1-2H3/q+1. The predicted octanol–water partition coefficient (Wildman–Crippen LogP) is 1.60. The molecular weight excluding hydrogens is 260 g/mol. The van der Waals surface area contributed by atoms with Crippen LogP contribution in [0.2, 0.25) is 0 Å². The number of carbonyl (C=O) groups is 1. The van der Waals surface area contributed by atoms with Crippen LogP contribution in [0.25, 0.3) is 0 Å². The van der Waals surface area contributed by atoms with Gasteiger partial charge in [-0.1, -0.05) is 38.1 Å². The van der Waals surface area contributed by atoms with Gasteiger partial charge in [0.1, 0.15) is 11.5 Å². The number of hydrogen-bond donors (Lipinski definition) is 2. The second-order valence-corrected chi connectivity index (χ2v) is 7.14. The second-order valence-electron chi connectivity index (χ2n) is 4.81. The van der Waals surface area contributed by atoms with Crippen LogP contribution in [0.15, 0.2) is 24.3 Å². The molecule has 1 aromatic rings. The zero-order valence-corrected chi connectivity index (χ0v) is 12.4.